The minimum Gasteiger partial charge on any atom is -0.356 e. The molecule has 2 amide bonds. The second-order valence-electron chi connectivity index (χ2n) is 7.24. The molecule has 25 heavy (non-hydrogen) atoms. The van der Waals surface area contributed by atoms with Crippen molar-refractivity contribution >= 4 is 22.8 Å². The number of para-hydroxylation sites is 2. The molecular formula is C19H28N4O2. The SMILES string of the molecule is CC(C)(C)C(=O)NCCCC(=O)NCCCn1cnc2ccccc21. The first kappa shape index (κ1) is 19.0. The molecule has 0 aliphatic heterocycles. The summed E-state index contributed by atoms with van der Waals surface area (Å²) in [5.74, 6) is 0.0426. The molecule has 0 fully saturated rings. The van der Waals surface area contributed by atoms with Gasteiger partial charge >= 0.3 is 0 Å². The van der Waals surface area contributed by atoms with Crippen molar-refractivity contribution in [3.8, 4) is 0 Å². The highest BCUT2D eigenvalue weighted by Gasteiger charge is 2.20. The first-order valence-electron chi connectivity index (χ1n) is 8.83. The number of aromatic nitrogens is 2. The minimum absolute atomic E-state index is 0.0143. The molecule has 0 aliphatic carbocycles. The molecule has 6 nitrogen and oxygen atoms in total. The molecule has 1 aromatic heterocycles. The maximum Gasteiger partial charge on any atom is 0.225 e. The van der Waals surface area contributed by atoms with Crippen molar-refractivity contribution in [2.75, 3.05) is 13.1 Å². The highest BCUT2D eigenvalue weighted by atomic mass is 16.2. The Morgan fingerprint density at radius 1 is 1.08 bits per heavy atom. The zero-order valence-electron chi connectivity index (χ0n) is 15.3. The lowest BCUT2D eigenvalue weighted by atomic mass is 9.96. The van der Waals surface area contributed by atoms with E-state index in [2.05, 4.69) is 20.2 Å². The van der Waals surface area contributed by atoms with Crippen molar-refractivity contribution in [1.82, 2.24) is 20.2 Å². The van der Waals surface area contributed by atoms with Crippen LogP contribution < -0.4 is 10.6 Å². The smallest absolute Gasteiger partial charge is 0.225 e. The third-order valence-corrected chi connectivity index (χ3v) is 3.97. The van der Waals surface area contributed by atoms with Crippen molar-refractivity contribution in [3.05, 3.63) is 30.6 Å². The first-order chi connectivity index (χ1) is 11.9. The lowest BCUT2D eigenvalue weighted by molar-refractivity contribution is -0.128. The molecule has 2 rings (SSSR count). The average Bonchev–Trinajstić information content (AvgIpc) is 2.98. The van der Waals surface area contributed by atoms with Gasteiger partial charge in [-0.1, -0.05) is 32.9 Å². The fourth-order valence-electron chi connectivity index (χ4n) is 2.47. The van der Waals surface area contributed by atoms with E-state index in [-0.39, 0.29) is 17.2 Å². The van der Waals surface area contributed by atoms with E-state index in [9.17, 15) is 9.59 Å². The summed E-state index contributed by atoms with van der Waals surface area (Å²) in [6, 6.07) is 8.02. The molecule has 0 bridgehead atoms. The van der Waals surface area contributed by atoms with E-state index >= 15 is 0 Å². The van der Waals surface area contributed by atoms with Crippen molar-refractivity contribution in [1.29, 1.82) is 0 Å². The third-order valence-electron chi connectivity index (χ3n) is 3.97. The van der Waals surface area contributed by atoms with Crippen molar-refractivity contribution < 1.29 is 9.59 Å². The predicted molar refractivity (Wildman–Crippen MR) is 99.1 cm³/mol. The van der Waals surface area contributed by atoms with Gasteiger partial charge in [0.15, 0.2) is 0 Å². The number of carbonyl (C=O) groups is 2. The Morgan fingerprint density at radius 2 is 1.80 bits per heavy atom. The normalized spacial score (nSPS) is 11.5. The third kappa shape index (κ3) is 5.89. The van der Waals surface area contributed by atoms with Gasteiger partial charge < -0.3 is 15.2 Å². The largest absolute Gasteiger partial charge is 0.356 e. The molecule has 0 radical (unpaired) electrons. The molecule has 0 unspecified atom stereocenters. The molecule has 6 heteroatoms. The van der Waals surface area contributed by atoms with Crippen LogP contribution in [0, 0.1) is 5.41 Å². The van der Waals surface area contributed by atoms with Crippen LogP contribution in [0.5, 0.6) is 0 Å². The predicted octanol–water partition coefficient (Wildman–Crippen LogP) is 2.49. The lowest BCUT2D eigenvalue weighted by Gasteiger charge is -2.17. The van der Waals surface area contributed by atoms with E-state index in [1.54, 1.807) is 0 Å². The quantitative estimate of drug-likeness (QED) is 0.722. The maximum absolute atomic E-state index is 11.8. The highest BCUT2D eigenvalue weighted by Crippen LogP contribution is 2.12. The summed E-state index contributed by atoms with van der Waals surface area (Å²) in [5.41, 5.74) is 1.71. The van der Waals surface area contributed by atoms with E-state index in [0.29, 0.717) is 25.9 Å². The van der Waals surface area contributed by atoms with Gasteiger partial charge in [-0.2, -0.15) is 0 Å². The number of nitrogens with zero attached hydrogens (tertiary/aromatic N) is 2. The molecule has 0 aliphatic rings. The number of amides is 2. The summed E-state index contributed by atoms with van der Waals surface area (Å²) in [6.45, 7) is 7.61. The molecular weight excluding hydrogens is 316 g/mol. The van der Waals surface area contributed by atoms with E-state index in [0.717, 1.165) is 24.0 Å². The Kier molecular flexibility index (Phi) is 6.56. The van der Waals surface area contributed by atoms with Crippen molar-refractivity contribution in [2.45, 2.75) is 46.6 Å². The topological polar surface area (TPSA) is 76.0 Å². The molecule has 136 valence electrons. The number of hydrogen-bond acceptors (Lipinski definition) is 3. The number of benzene rings is 1. The van der Waals surface area contributed by atoms with Gasteiger partial charge in [-0.25, -0.2) is 4.98 Å². The van der Waals surface area contributed by atoms with Crippen LogP contribution in [0.1, 0.15) is 40.0 Å². The fourth-order valence-corrected chi connectivity index (χ4v) is 2.47. The fraction of sp³-hybridized carbons (Fsp3) is 0.526. The number of rotatable bonds is 8. The number of imidazole rings is 1. The number of carbonyl (C=O) groups excluding carboxylic acids is 2. The molecule has 1 aromatic carbocycles. The summed E-state index contributed by atoms with van der Waals surface area (Å²) in [5, 5.41) is 5.78. The zero-order valence-corrected chi connectivity index (χ0v) is 15.3. The number of nitrogens with one attached hydrogen (secondary N) is 2. The molecule has 0 saturated heterocycles. The van der Waals surface area contributed by atoms with Crippen LogP contribution in [0.4, 0.5) is 0 Å². The molecule has 0 spiro atoms. The van der Waals surface area contributed by atoms with Crippen molar-refractivity contribution in [2.24, 2.45) is 5.41 Å². The number of fused-ring (bicyclic) bond motifs is 1. The first-order valence-corrected chi connectivity index (χ1v) is 8.83. The van der Waals surface area contributed by atoms with Crippen LogP contribution in [0.25, 0.3) is 11.0 Å². The van der Waals surface area contributed by atoms with Gasteiger partial charge in [-0.15, -0.1) is 0 Å². The molecule has 1 heterocycles. The van der Waals surface area contributed by atoms with E-state index in [4.69, 9.17) is 0 Å². The molecule has 2 aromatic rings. The van der Waals surface area contributed by atoms with Gasteiger partial charge in [0.25, 0.3) is 0 Å². The minimum atomic E-state index is -0.389. The van der Waals surface area contributed by atoms with Gasteiger partial charge in [0.05, 0.1) is 17.4 Å². The summed E-state index contributed by atoms with van der Waals surface area (Å²) >= 11 is 0. The monoisotopic (exact) mass is 344 g/mol. The standard InChI is InChI=1S/C19H28N4O2/c1-19(2,3)18(25)21-11-6-10-17(24)20-12-7-13-23-14-22-15-8-4-5-9-16(15)23/h4-5,8-9,14H,6-7,10-13H2,1-3H3,(H,20,24)(H,21,25). The van der Waals surface area contributed by atoms with Crippen LogP contribution in [0.2, 0.25) is 0 Å². The van der Waals surface area contributed by atoms with Crippen LogP contribution in [-0.4, -0.2) is 34.5 Å². The Labute approximate surface area is 149 Å². The summed E-state index contributed by atoms with van der Waals surface area (Å²) in [6.07, 6.45) is 3.77. The molecule has 0 atom stereocenters. The second-order valence-corrected chi connectivity index (χ2v) is 7.24. The maximum atomic E-state index is 11.8. The zero-order chi connectivity index (χ0) is 18.3. The number of aryl methyl sites for hydroxylation is 1. The Balaban J connectivity index is 1.59. The summed E-state index contributed by atoms with van der Waals surface area (Å²) in [7, 11) is 0. The van der Waals surface area contributed by atoms with E-state index < -0.39 is 0 Å². The summed E-state index contributed by atoms with van der Waals surface area (Å²) in [4.78, 5) is 27.9. The Bertz CT molecular complexity index is 716. The van der Waals surface area contributed by atoms with Gasteiger partial charge in [-0.05, 0) is 25.0 Å². The number of hydrogen-bond donors (Lipinski definition) is 2. The van der Waals surface area contributed by atoms with Gasteiger partial charge in [-0.3, -0.25) is 9.59 Å². The van der Waals surface area contributed by atoms with Crippen LogP contribution in [0.15, 0.2) is 30.6 Å². The van der Waals surface area contributed by atoms with Gasteiger partial charge in [0.2, 0.25) is 11.8 Å². The lowest BCUT2D eigenvalue weighted by Crippen LogP contribution is -2.35. The van der Waals surface area contributed by atoms with E-state index in [1.807, 2.05) is 51.4 Å². The van der Waals surface area contributed by atoms with Gasteiger partial charge in [0, 0.05) is 31.5 Å². The molecule has 0 saturated carbocycles. The van der Waals surface area contributed by atoms with Gasteiger partial charge in [0.1, 0.15) is 0 Å². The molecule has 2 N–H and O–H groups in total. The van der Waals surface area contributed by atoms with Crippen LogP contribution in [-0.2, 0) is 16.1 Å². The van der Waals surface area contributed by atoms with Crippen molar-refractivity contribution in [3.63, 3.8) is 0 Å². The summed E-state index contributed by atoms with van der Waals surface area (Å²) < 4.78 is 2.10. The van der Waals surface area contributed by atoms with E-state index in [1.165, 1.54) is 0 Å². The second kappa shape index (κ2) is 8.65. The average molecular weight is 344 g/mol. The van der Waals surface area contributed by atoms with Crippen LogP contribution in [0.3, 0.4) is 0 Å². The highest BCUT2D eigenvalue weighted by molar-refractivity contribution is 5.81. The van der Waals surface area contributed by atoms with Crippen LogP contribution >= 0.6 is 0 Å². The Hall–Kier alpha value is -2.37. The Morgan fingerprint density at radius 3 is 2.56 bits per heavy atom.